The van der Waals surface area contributed by atoms with Crippen molar-refractivity contribution in [2.75, 3.05) is 65.4 Å². The number of allylic oxidation sites excluding steroid dienone is 1. The SMILES string of the molecule is CC(=O)/C=C1/CN2CCC1CC2.O=C1CN2CCC1CC2.OC(CC1C[N+]2(CCCc3ccccc3)CCC1CC2)(c1ccccc1)c1ccccc1.[Br-]. The highest BCUT2D eigenvalue weighted by Crippen LogP contribution is 2.45. The second-order valence-corrected chi connectivity index (χ2v) is 17.1. The fourth-order valence-electron chi connectivity index (χ4n) is 10.5. The van der Waals surface area contributed by atoms with E-state index in [-0.39, 0.29) is 22.8 Å². The van der Waals surface area contributed by atoms with Crippen LogP contribution >= 0.6 is 0 Å². The Kier molecular flexibility index (Phi) is 14.2. The van der Waals surface area contributed by atoms with E-state index in [1.54, 1.807) is 6.92 Å². The van der Waals surface area contributed by atoms with E-state index in [1.807, 2.05) is 18.2 Å². The highest BCUT2D eigenvalue weighted by molar-refractivity contribution is 5.88. The van der Waals surface area contributed by atoms with Gasteiger partial charge in [-0.05, 0) is 112 Å². The van der Waals surface area contributed by atoms with Crippen molar-refractivity contribution in [3.63, 3.8) is 0 Å². The molecule has 1 atom stereocenters. The number of ketones is 2. The summed E-state index contributed by atoms with van der Waals surface area (Å²) in [5.41, 5.74) is 3.97. The lowest BCUT2D eigenvalue weighted by atomic mass is 9.69. The highest BCUT2D eigenvalue weighted by Gasteiger charge is 2.48. The summed E-state index contributed by atoms with van der Waals surface area (Å²) >= 11 is 0. The van der Waals surface area contributed by atoms with Crippen LogP contribution in [0, 0.1) is 23.7 Å². The zero-order valence-corrected chi connectivity index (χ0v) is 34.1. The zero-order chi connectivity index (χ0) is 36.7. The molecule has 9 aliphatic rings. The number of quaternary nitrogens is 1. The van der Waals surface area contributed by atoms with Crippen molar-refractivity contribution in [3.8, 4) is 0 Å². The number of rotatable bonds is 9. The van der Waals surface area contributed by atoms with Gasteiger partial charge in [-0.3, -0.25) is 19.4 Å². The van der Waals surface area contributed by atoms with Gasteiger partial charge in [0.15, 0.2) is 5.78 Å². The number of carbonyl (C=O) groups is 2. The van der Waals surface area contributed by atoms with Crippen molar-refractivity contribution in [1.82, 2.24) is 9.80 Å². The minimum absolute atomic E-state index is 0. The number of aliphatic hydroxyl groups is 1. The molecule has 290 valence electrons. The molecular formula is C47H62BrN3O3. The van der Waals surface area contributed by atoms with Crippen molar-refractivity contribution in [2.24, 2.45) is 23.7 Å². The molecule has 6 nitrogen and oxygen atoms in total. The van der Waals surface area contributed by atoms with Crippen LogP contribution in [0.3, 0.4) is 0 Å². The molecule has 1 unspecified atom stereocenters. The van der Waals surface area contributed by atoms with E-state index in [9.17, 15) is 14.7 Å². The molecule has 6 bridgehead atoms. The summed E-state index contributed by atoms with van der Waals surface area (Å²) in [7, 11) is 0. The molecule has 0 spiro atoms. The molecule has 0 saturated carbocycles. The first-order valence-corrected chi connectivity index (χ1v) is 20.7. The molecule has 7 heteroatoms. The number of nitrogens with zero attached hydrogens (tertiary/aromatic N) is 3. The van der Waals surface area contributed by atoms with Crippen molar-refractivity contribution < 1.29 is 36.2 Å². The Balaban J connectivity index is 0.000000183. The van der Waals surface area contributed by atoms with Crippen LogP contribution < -0.4 is 17.0 Å². The maximum absolute atomic E-state index is 12.1. The Morgan fingerprint density at radius 1 is 0.759 bits per heavy atom. The van der Waals surface area contributed by atoms with Crippen LogP contribution in [0.1, 0.15) is 75.0 Å². The number of hydrogen-bond acceptors (Lipinski definition) is 5. The van der Waals surface area contributed by atoms with Crippen molar-refractivity contribution in [2.45, 2.75) is 70.3 Å². The van der Waals surface area contributed by atoms with Gasteiger partial charge in [0.1, 0.15) is 11.4 Å². The third-order valence-corrected chi connectivity index (χ3v) is 13.6. The number of fused-ring (bicyclic) bond motifs is 9. The third kappa shape index (κ3) is 10.1. The van der Waals surface area contributed by atoms with Gasteiger partial charge < -0.3 is 26.6 Å². The quantitative estimate of drug-likeness (QED) is 0.259. The molecule has 0 aliphatic carbocycles. The molecule has 9 saturated heterocycles. The van der Waals surface area contributed by atoms with Crippen LogP contribution in [0.4, 0.5) is 0 Å². The molecule has 9 fully saturated rings. The summed E-state index contributed by atoms with van der Waals surface area (Å²) in [6.45, 7) is 13.4. The second-order valence-electron chi connectivity index (χ2n) is 17.1. The van der Waals surface area contributed by atoms with Crippen LogP contribution in [-0.4, -0.2) is 96.4 Å². The van der Waals surface area contributed by atoms with Crippen molar-refractivity contribution >= 4 is 11.6 Å². The molecule has 0 aromatic heterocycles. The molecule has 3 aromatic carbocycles. The summed E-state index contributed by atoms with van der Waals surface area (Å²) in [4.78, 5) is 26.6. The summed E-state index contributed by atoms with van der Waals surface area (Å²) in [5.74, 6) is 3.17. The van der Waals surface area contributed by atoms with Crippen LogP contribution in [0.2, 0.25) is 0 Å². The molecule has 12 rings (SSSR count). The maximum atomic E-state index is 12.1. The average molecular weight is 797 g/mol. The smallest absolute Gasteiger partial charge is 0.152 e. The lowest BCUT2D eigenvalue weighted by Gasteiger charge is -2.54. The summed E-state index contributed by atoms with van der Waals surface area (Å²) in [6, 6.07) is 31.6. The number of aryl methyl sites for hydroxylation is 1. The normalized spacial score (nSPS) is 30.0. The first-order valence-electron chi connectivity index (χ1n) is 20.7. The second kappa shape index (κ2) is 18.8. The topological polar surface area (TPSA) is 60.9 Å². The average Bonchev–Trinajstić information content (AvgIpc) is 3.20. The molecular weight excluding hydrogens is 734 g/mol. The number of Topliss-reactive ketones (excluding diaryl/α,β-unsaturated/α-hetero) is 1. The Hall–Kier alpha value is -2.94. The van der Waals surface area contributed by atoms with Gasteiger partial charge >= 0.3 is 0 Å². The standard InChI is InChI=1S/C30H36NO.C10H15NO.C7H11NO.BrH/c32-30(28-14-6-2-7-15-28,29-16-8-3-9-17-29)23-27-24-31(21-18-26(27)19-22-31)20-10-13-25-11-4-1-5-12-25;1-8(12)6-10-7-11-4-2-9(10)3-5-11;9-7-5-8-3-1-6(7)2-4-8;/h1-9,11-12,14-17,26-27,32H,10,13,18-24H2;6,9H,2-5,7H2,1H3;6H,1-5H2;1H/q+1;;;/p-1/b;10-6-;;. The predicted molar refractivity (Wildman–Crippen MR) is 213 cm³/mol. The minimum Gasteiger partial charge on any atom is -1.00 e. The lowest BCUT2D eigenvalue weighted by molar-refractivity contribution is -0.947. The minimum atomic E-state index is -0.917. The van der Waals surface area contributed by atoms with Gasteiger partial charge in [-0.25, -0.2) is 0 Å². The zero-order valence-electron chi connectivity index (χ0n) is 32.5. The Bertz CT molecular complexity index is 1620. The van der Waals surface area contributed by atoms with Crippen molar-refractivity contribution in [3.05, 3.63) is 119 Å². The van der Waals surface area contributed by atoms with Crippen molar-refractivity contribution in [1.29, 1.82) is 0 Å². The number of carbonyl (C=O) groups excluding carboxylic acids is 2. The van der Waals surface area contributed by atoms with E-state index in [0.29, 0.717) is 17.6 Å². The first kappa shape index (κ1) is 40.7. The Morgan fingerprint density at radius 3 is 1.72 bits per heavy atom. The van der Waals surface area contributed by atoms with E-state index in [4.69, 9.17) is 0 Å². The fraction of sp³-hybridized carbons (Fsp3) is 0.532. The van der Waals surface area contributed by atoms with Crippen LogP contribution in [0.15, 0.2) is 103 Å². The van der Waals surface area contributed by atoms with Gasteiger partial charge in [0.05, 0.1) is 32.7 Å². The Labute approximate surface area is 335 Å². The lowest BCUT2D eigenvalue weighted by Crippen LogP contribution is -3.00. The fourth-order valence-corrected chi connectivity index (χ4v) is 10.5. The van der Waals surface area contributed by atoms with Gasteiger partial charge in [-0.15, -0.1) is 0 Å². The van der Waals surface area contributed by atoms with Crippen LogP contribution in [-0.2, 0) is 21.6 Å². The van der Waals surface area contributed by atoms with Gasteiger partial charge in [-0.2, -0.15) is 0 Å². The largest absolute Gasteiger partial charge is 1.00 e. The number of piperidine rings is 9. The van der Waals surface area contributed by atoms with Crippen LogP contribution in [0.5, 0.6) is 0 Å². The van der Waals surface area contributed by atoms with Gasteiger partial charge in [0.25, 0.3) is 0 Å². The summed E-state index contributed by atoms with van der Waals surface area (Å²) < 4.78 is 1.26. The number of benzene rings is 3. The number of halogens is 1. The van der Waals surface area contributed by atoms with Crippen LogP contribution in [0.25, 0.3) is 0 Å². The van der Waals surface area contributed by atoms with E-state index >= 15 is 0 Å². The molecule has 54 heavy (non-hydrogen) atoms. The summed E-state index contributed by atoms with van der Waals surface area (Å²) in [5, 5.41) is 12.1. The monoisotopic (exact) mass is 795 g/mol. The Morgan fingerprint density at radius 2 is 1.28 bits per heavy atom. The van der Waals surface area contributed by atoms with Gasteiger partial charge in [-0.1, -0.05) is 91.0 Å². The first-order chi connectivity index (χ1) is 25.8. The van der Waals surface area contributed by atoms with E-state index in [2.05, 4.69) is 88.7 Å². The molecule has 9 aliphatic heterocycles. The molecule has 0 radical (unpaired) electrons. The predicted octanol–water partition coefficient (Wildman–Crippen LogP) is 4.31. The maximum Gasteiger partial charge on any atom is 0.152 e. The molecule has 3 aromatic rings. The van der Waals surface area contributed by atoms with E-state index < -0.39 is 5.60 Å². The summed E-state index contributed by atoms with van der Waals surface area (Å²) in [6.07, 6.45) is 12.5. The van der Waals surface area contributed by atoms with Gasteiger partial charge in [0, 0.05) is 37.6 Å². The van der Waals surface area contributed by atoms with E-state index in [0.717, 1.165) is 68.4 Å². The van der Waals surface area contributed by atoms with E-state index in [1.165, 1.54) is 93.4 Å². The molecule has 0 amide bonds. The molecule has 1 N–H and O–H groups in total. The third-order valence-electron chi connectivity index (χ3n) is 13.6. The molecule has 9 heterocycles. The number of hydrogen-bond donors (Lipinski definition) is 1. The highest BCUT2D eigenvalue weighted by atomic mass is 79.9. The van der Waals surface area contributed by atoms with Gasteiger partial charge in [0.2, 0.25) is 0 Å².